The number of aliphatic hydroxyl groups excluding tert-OH is 1. The van der Waals surface area contributed by atoms with Gasteiger partial charge in [0.05, 0.1) is 17.6 Å². The number of phenolic OH excluding ortho intramolecular Hbond substituents is 1. The number of primary amides is 1. The van der Waals surface area contributed by atoms with Crippen molar-refractivity contribution in [1.82, 2.24) is 10.2 Å². The lowest BCUT2D eigenvalue weighted by Crippen LogP contribution is -2.75. The zero-order valence-corrected chi connectivity index (χ0v) is 24.8. The van der Waals surface area contributed by atoms with Gasteiger partial charge in [0.2, 0.25) is 5.91 Å². The number of anilines is 1. The molecule has 6 N–H and O–H groups in total. The van der Waals surface area contributed by atoms with Crippen LogP contribution in [0.3, 0.4) is 0 Å². The molecule has 0 bridgehead atoms. The minimum absolute atomic E-state index is 0.0334. The summed E-state index contributed by atoms with van der Waals surface area (Å²) in [7, 11) is 6.94. The van der Waals surface area contributed by atoms with Gasteiger partial charge < -0.3 is 36.2 Å². The lowest BCUT2D eigenvalue weighted by atomic mass is 9.52. The van der Waals surface area contributed by atoms with E-state index in [0.29, 0.717) is 23.6 Å². The summed E-state index contributed by atoms with van der Waals surface area (Å²) in [6, 6.07) is 0.929. The van der Waals surface area contributed by atoms with Crippen molar-refractivity contribution in [3.63, 3.8) is 0 Å². The highest BCUT2D eigenvalue weighted by Crippen LogP contribution is 2.52. The molecule has 0 saturated heterocycles. The Morgan fingerprint density at radius 1 is 1.15 bits per heavy atom. The number of amides is 1. The van der Waals surface area contributed by atoms with E-state index in [1.165, 1.54) is 0 Å². The molecular formula is C30H44N4O7. The van der Waals surface area contributed by atoms with Gasteiger partial charge in [0, 0.05) is 43.9 Å². The van der Waals surface area contributed by atoms with Crippen LogP contribution in [0.2, 0.25) is 0 Å². The van der Waals surface area contributed by atoms with Crippen LogP contribution in [0, 0.1) is 29.6 Å². The van der Waals surface area contributed by atoms with Gasteiger partial charge in [-0.25, -0.2) is 0 Å². The number of ketones is 3. The molecule has 3 aliphatic carbocycles. The number of aliphatic hydroxyl groups is 2. The average molecular weight is 573 g/mol. The number of fused-ring (bicyclic) bond motifs is 3. The zero-order valence-electron chi connectivity index (χ0n) is 24.8. The number of carbonyl (C=O) groups excluding carboxylic acids is 4. The number of likely N-dealkylation sites (N-methyl/N-ethyl adjacent to an activating group) is 1. The fourth-order valence-corrected chi connectivity index (χ4v) is 7.45. The van der Waals surface area contributed by atoms with Gasteiger partial charge in [-0.05, 0) is 56.9 Å². The Bertz CT molecular complexity index is 1240. The van der Waals surface area contributed by atoms with Crippen molar-refractivity contribution in [2.24, 2.45) is 35.3 Å². The predicted octanol–water partition coefficient (Wildman–Crippen LogP) is 0.251. The molecule has 3 aliphatic rings. The lowest BCUT2D eigenvalue weighted by molar-refractivity contribution is -0.190. The standard InChI is InChI=1S/C30H44N4O7/c1-7-14(8-2)12-32-13-16-11-19(33(3)4)17-9-15-10-18-23(34(5)6)26(37)22(29(31)40)28(39)30(18,41)27(38)20(15)25(36)21(17)24(16)35/h11,14-15,18,20,22-23,26,32,35,37,41H,7-10,12-13H2,1-6H3,(H2,31,40)/t15-,18-,20?,22?,23?,26?,30-/m1/s1. The Hall–Kier alpha value is -2.86. The molecule has 41 heavy (non-hydrogen) atoms. The van der Waals surface area contributed by atoms with Crippen molar-refractivity contribution < 1.29 is 34.5 Å². The first kappa shape index (κ1) is 31.1. The first-order chi connectivity index (χ1) is 19.2. The fraction of sp³-hybridized carbons (Fsp3) is 0.667. The van der Waals surface area contributed by atoms with Gasteiger partial charge >= 0.3 is 0 Å². The Morgan fingerprint density at radius 2 is 1.78 bits per heavy atom. The maximum Gasteiger partial charge on any atom is 0.230 e. The second-order valence-corrected chi connectivity index (χ2v) is 12.4. The van der Waals surface area contributed by atoms with Crippen LogP contribution in [0.4, 0.5) is 5.69 Å². The molecule has 2 fully saturated rings. The van der Waals surface area contributed by atoms with Crippen molar-refractivity contribution >= 4 is 28.9 Å². The number of rotatable bonds is 9. The number of nitrogens with two attached hydrogens (primary N) is 1. The number of hydrogen-bond donors (Lipinski definition) is 5. The summed E-state index contributed by atoms with van der Waals surface area (Å²) in [6.07, 6.45) is 0.847. The minimum atomic E-state index is -2.67. The molecule has 11 heteroatoms. The molecule has 1 amide bonds. The van der Waals surface area contributed by atoms with Crippen molar-refractivity contribution in [3.05, 3.63) is 22.8 Å². The van der Waals surface area contributed by atoms with E-state index in [9.17, 15) is 34.5 Å². The molecule has 11 nitrogen and oxygen atoms in total. The van der Waals surface area contributed by atoms with Crippen LogP contribution in [0.1, 0.15) is 54.6 Å². The third kappa shape index (κ3) is 4.86. The van der Waals surface area contributed by atoms with Gasteiger partial charge in [0.15, 0.2) is 23.0 Å². The highest BCUT2D eigenvalue weighted by atomic mass is 16.3. The molecule has 1 aromatic carbocycles. The van der Waals surface area contributed by atoms with Gasteiger partial charge in [0.25, 0.3) is 0 Å². The van der Waals surface area contributed by atoms with E-state index in [1.807, 2.05) is 25.1 Å². The molecule has 0 heterocycles. The van der Waals surface area contributed by atoms with Crippen LogP contribution in [-0.4, -0.2) is 96.0 Å². The summed E-state index contributed by atoms with van der Waals surface area (Å²) < 4.78 is 0. The van der Waals surface area contributed by atoms with Crippen LogP contribution in [0.25, 0.3) is 0 Å². The van der Waals surface area contributed by atoms with Crippen molar-refractivity contribution in [2.45, 2.75) is 63.8 Å². The number of benzene rings is 1. The van der Waals surface area contributed by atoms with Crippen LogP contribution >= 0.6 is 0 Å². The number of Topliss-reactive ketones (excluding diaryl/α,β-unsaturated/α-hetero) is 3. The minimum Gasteiger partial charge on any atom is -0.507 e. The topological polar surface area (TPSA) is 174 Å². The molecule has 2 saturated carbocycles. The number of aromatic hydroxyl groups is 1. The third-order valence-corrected chi connectivity index (χ3v) is 9.73. The zero-order chi connectivity index (χ0) is 30.5. The van der Waals surface area contributed by atoms with E-state index in [0.717, 1.165) is 25.1 Å². The smallest absolute Gasteiger partial charge is 0.230 e. The SMILES string of the molecule is CCC(CC)CNCc1cc(N(C)C)c2c(c1O)C(=O)C1C(=O)[C@@]3(O)C(=O)C(C(N)=O)C(O)C(N(C)C)[C@H]3C[C@H]1C2. The summed E-state index contributed by atoms with van der Waals surface area (Å²) in [5, 5.41) is 37.5. The van der Waals surface area contributed by atoms with Gasteiger partial charge in [-0.2, -0.15) is 0 Å². The van der Waals surface area contributed by atoms with Crippen molar-refractivity contribution in [1.29, 1.82) is 0 Å². The highest BCUT2D eigenvalue weighted by molar-refractivity contribution is 6.25. The third-order valence-electron chi connectivity index (χ3n) is 9.73. The van der Waals surface area contributed by atoms with Crippen molar-refractivity contribution in [2.75, 3.05) is 39.6 Å². The van der Waals surface area contributed by atoms with Gasteiger partial charge in [0.1, 0.15) is 11.7 Å². The van der Waals surface area contributed by atoms with Crippen LogP contribution in [0.15, 0.2) is 6.07 Å². The summed E-state index contributed by atoms with van der Waals surface area (Å²) >= 11 is 0. The number of carbonyl (C=O) groups is 4. The summed E-state index contributed by atoms with van der Waals surface area (Å²) in [6.45, 7) is 5.30. The molecule has 0 radical (unpaired) electrons. The normalized spacial score (nSPS) is 31.2. The largest absolute Gasteiger partial charge is 0.507 e. The first-order valence-corrected chi connectivity index (χ1v) is 14.5. The molecule has 4 rings (SSSR count). The summed E-state index contributed by atoms with van der Waals surface area (Å²) in [4.78, 5) is 57.3. The quantitative estimate of drug-likeness (QED) is 0.258. The Labute approximate surface area is 241 Å². The fourth-order valence-electron chi connectivity index (χ4n) is 7.45. The van der Waals surface area contributed by atoms with E-state index in [4.69, 9.17) is 5.73 Å². The Balaban J connectivity index is 1.79. The molecule has 0 aromatic heterocycles. The van der Waals surface area contributed by atoms with Gasteiger partial charge in [-0.15, -0.1) is 0 Å². The van der Waals surface area contributed by atoms with Crippen molar-refractivity contribution in [3.8, 4) is 5.75 Å². The van der Waals surface area contributed by atoms with E-state index >= 15 is 0 Å². The van der Waals surface area contributed by atoms with Crippen LogP contribution in [-0.2, 0) is 27.3 Å². The predicted molar refractivity (Wildman–Crippen MR) is 152 cm³/mol. The maximum atomic E-state index is 14.1. The highest BCUT2D eigenvalue weighted by Gasteiger charge is 2.69. The number of nitrogens with one attached hydrogen (secondary N) is 1. The molecular weight excluding hydrogens is 528 g/mol. The number of phenols is 1. The van der Waals surface area contributed by atoms with Crippen LogP contribution < -0.4 is 16.0 Å². The van der Waals surface area contributed by atoms with Crippen LogP contribution in [0.5, 0.6) is 5.75 Å². The van der Waals surface area contributed by atoms with E-state index in [-0.39, 0.29) is 24.2 Å². The molecule has 7 atom stereocenters. The molecule has 226 valence electrons. The second-order valence-electron chi connectivity index (χ2n) is 12.4. The second kappa shape index (κ2) is 11.4. The first-order valence-electron chi connectivity index (χ1n) is 14.5. The van der Waals surface area contributed by atoms with E-state index in [2.05, 4.69) is 19.2 Å². The maximum absolute atomic E-state index is 14.1. The summed E-state index contributed by atoms with van der Waals surface area (Å²) in [5.74, 6) is -8.49. The molecule has 0 aliphatic heterocycles. The van der Waals surface area contributed by atoms with Gasteiger partial charge in [-0.1, -0.05) is 26.7 Å². The Kier molecular flexibility index (Phi) is 8.67. The molecule has 0 spiro atoms. The van der Waals surface area contributed by atoms with Gasteiger partial charge in [-0.3, -0.25) is 19.2 Å². The Morgan fingerprint density at radius 3 is 2.32 bits per heavy atom. The molecule has 1 aromatic rings. The summed E-state index contributed by atoms with van der Waals surface area (Å²) in [5.41, 5.74) is 4.68. The average Bonchev–Trinajstić information content (AvgIpc) is 2.89. The molecule has 4 unspecified atom stereocenters. The lowest BCUT2D eigenvalue weighted by Gasteiger charge is -2.55. The number of hydrogen-bond acceptors (Lipinski definition) is 10. The van der Waals surface area contributed by atoms with E-state index < -0.39 is 64.7 Å². The monoisotopic (exact) mass is 572 g/mol. The number of nitrogens with zero attached hydrogens (tertiary/aromatic N) is 2. The van der Waals surface area contributed by atoms with E-state index in [1.54, 1.807) is 19.0 Å².